The largest absolute Gasteiger partial charge is 0.417 e. The Labute approximate surface area is 101 Å². The summed E-state index contributed by atoms with van der Waals surface area (Å²) in [5, 5.41) is 0. The number of nitrogens with zero attached hydrogens (tertiary/aromatic N) is 2. The number of rotatable bonds is 2. The molecule has 0 amide bonds. The Balaban J connectivity index is 2.10. The first-order valence-corrected chi connectivity index (χ1v) is 5.36. The Hall–Kier alpha value is -2.63. The number of H-pyrrole nitrogens is 1. The van der Waals surface area contributed by atoms with Crippen LogP contribution in [0, 0.1) is 0 Å². The second kappa shape index (κ2) is 3.99. The summed E-state index contributed by atoms with van der Waals surface area (Å²) >= 11 is 0. The lowest BCUT2D eigenvalue weighted by molar-refractivity contribution is 0.555. The van der Waals surface area contributed by atoms with Gasteiger partial charge in [0.1, 0.15) is 0 Å². The lowest BCUT2D eigenvalue weighted by atomic mass is 10.3. The van der Waals surface area contributed by atoms with Crippen molar-refractivity contribution in [3.8, 4) is 0 Å². The minimum absolute atomic E-state index is 0.179. The van der Waals surface area contributed by atoms with Crippen LogP contribution in [0.2, 0.25) is 0 Å². The van der Waals surface area contributed by atoms with E-state index >= 15 is 0 Å². The van der Waals surface area contributed by atoms with Gasteiger partial charge in [0.2, 0.25) is 0 Å². The van der Waals surface area contributed by atoms with E-state index in [2.05, 4.69) is 9.97 Å². The van der Waals surface area contributed by atoms with Crippen molar-refractivity contribution in [3.05, 3.63) is 63.3 Å². The van der Waals surface area contributed by atoms with Crippen molar-refractivity contribution in [1.29, 1.82) is 0 Å². The highest BCUT2D eigenvalue weighted by Crippen LogP contribution is 2.04. The van der Waals surface area contributed by atoms with Gasteiger partial charge >= 0.3 is 5.76 Å². The summed E-state index contributed by atoms with van der Waals surface area (Å²) in [6.07, 6.45) is 3.24. The van der Waals surface area contributed by atoms with E-state index in [1.54, 1.807) is 18.5 Å². The number of aromatic nitrogens is 3. The third-order valence-electron chi connectivity index (χ3n) is 2.62. The third kappa shape index (κ3) is 1.73. The maximum atomic E-state index is 12.1. The number of hydrogen-bond acceptors (Lipinski definition) is 4. The zero-order chi connectivity index (χ0) is 12.5. The average molecular weight is 243 g/mol. The lowest BCUT2D eigenvalue weighted by Crippen LogP contribution is -2.20. The zero-order valence-electron chi connectivity index (χ0n) is 9.29. The minimum Gasteiger partial charge on any atom is -0.408 e. The summed E-state index contributed by atoms with van der Waals surface area (Å²) in [5.74, 6) is -0.627. The van der Waals surface area contributed by atoms with E-state index in [0.29, 0.717) is 6.54 Å². The highest BCUT2D eigenvalue weighted by Gasteiger charge is 2.08. The Kier molecular flexibility index (Phi) is 2.33. The molecule has 1 N–H and O–H groups in total. The molecule has 0 aliphatic carbocycles. The van der Waals surface area contributed by atoms with Gasteiger partial charge in [-0.05, 0) is 18.2 Å². The molecular formula is C12H9N3O3. The molecule has 3 aromatic rings. The van der Waals surface area contributed by atoms with E-state index in [0.717, 1.165) is 5.69 Å². The Morgan fingerprint density at radius 1 is 1.28 bits per heavy atom. The maximum absolute atomic E-state index is 12.1. The molecule has 3 rings (SSSR count). The third-order valence-corrected chi connectivity index (χ3v) is 2.62. The van der Waals surface area contributed by atoms with Crippen LogP contribution in [-0.2, 0) is 6.54 Å². The molecule has 0 aliphatic rings. The standard InChI is InChI=1S/C12H9N3O3/c16-11-10-9(18-12(17)14-10)4-6-15(11)7-8-3-1-2-5-13-8/h1-6H,7H2,(H,14,17). The highest BCUT2D eigenvalue weighted by molar-refractivity contribution is 5.70. The van der Waals surface area contributed by atoms with Gasteiger partial charge in [0.25, 0.3) is 5.56 Å². The van der Waals surface area contributed by atoms with Crippen molar-refractivity contribution >= 4 is 11.1 Å². The van der Waals surface area contributed by atoms with Crippen LogP contribution < -0.4 is 11.3 Å². The van der Waals surface area contributed by atoms with Crippen LogP contribution in [0.3, 0.4) is 0 Å². The number of pyridine rings is 2. The van der Waals surface area contributed by atoms with E-state index in [1.807, 2.05) is 18.2 Å². The molecule has 0 unspecified atom stereocenters. The van der Waals surface area contributed by atoms with Crippen LogP contribution in [0.15, 0.2) is 50.7 Å². The van der Waals surface area contributed by atoms with Gasteiger partial charge in [-0.3, -0.25) is 14.8 Å². The lowest BCUT2D eigenvalue weighted by Gasteiger charge is -2.03. The molecule has 0 aliphatic heterocycles. The number of hydrogen-bond donors (Lipinski definition) is 1. The smallest absolute Gasteiger partial charge is 0.408 e. The minimum atomic E-state index is -0.627. The van der Waals surface area contributed by atoms with Crippen LogP contribution in [-0.4, -0.2) is 14.5 Å². The number of oxazole rings is 1. The van der Waals surface area contributed by atoms with Crippen LogP contribution >= 0.6 is 0 Å². The topological polar surface area (TPSA) is 80.9 Å². The van der Waals surface area contributed by atoms with Gasteiger partial charge in [-0.15, -0.1) is 0 Å². The van der Waals surface area contributed by atoms with E-state index < -0.39 is 5.76 Å². The molecule has 0 spiro atoms. The quantitative estimate of drug-likeness (QED) is 0.719. The van der Waals surface area contributed by atoms with Crippen molar-refractivity contribution in [2.24, 2.45) is 0 Å². The van der Waals surface area contributed by atoms with Crippen molar-refractivity contribution in [1.82, 2.24) is 14.5 Å². The fraction of sp³-hybridized carbons (Fsp3) is 0.0833. The molecule has 0 aromatic carbocycles. The van der Waals surface area contributed by atoms with Crippen LogP contribution in [0.4, 0.5) is 0 Å². The molecule has 90 valence electrons. The SMILES string of the molecule is O=c1[nH]c2c(=O)n(Cc3ccccn3)ccc2o1. The van der Waals surface area contributed by atoms with Crippen molar-refractivity contribution in [2.45, 2.75) is 6.54 Å². The molecule has 6 heteroatoms. The predicted molar refractivity (Wildman–Crippen MR) is 64.4 cm³/mol. The van der Waals surface area contributed by atoms with Crippen LogP contribution in [0.25, 0.3) is 11.1 Å². The zero-order valence-corrected chi connectivity index (χ0v) is 9.29. The first-order chi connectivity index (χ1) is 8.74. The monoisotopic (exact) mass is 243 g/mol. The van der Waals surface area contributed by atoms with Crippen LogP contribution in [0.1, 0.15) is 5.69 Å². The molecule has 18 heavy (non-hydrogen) atoms. The summed E-state index contributed by atoms with van der Waals surface area (Å²) < 4.78 is 6.28. The number of fused-ring (bicyclic) bond motifs is 1. The predicted octanol–water partition coefficient (Wildman–Crippen LogP) is 0.726. The van der Waals surface area contributed by atoms with E-state index in [-0.39, 0.29) is 16.7 Å². The first kappa shape index (κ1) is 10.5. The van der Waals surface area contributed by atoms with Crippen molar-refractivity contribution in [3.63, 3.8) is 0 Å². The molecule has 3 heterocycles. The van der Waals surface area contributed by atoms with E-state index in [1.165, 1.54) is 4.57 Å². The van der Waals surface area contributed by atoms with Gasteiger partial charge in [-0.1, -0.05) is 6.07 Å². The summed E-state index contributed by atoms with van der Waals surface area (Å²) in [6, 6.07) is 7.07. The second-order valence-corrected chi connectivity index (χ2v) is 3.82. The molecular weight excluding hydrogens is 234 g/mol. The summed E-state index contributed by atoms with van der Waals surface area (Å²) in [5.41, 5.74) is 0.912. The van der Waals surface area contributed by atoms with Gasteiger partial charge < -0.3 is 8.98 Å². The van der Waals surface area contributed by atoms with Gasteiger partial charge in [0.05, 0.1) is 12.2 Å². The molecule has 0 bridgehead atoms. The highest BCUT2D eigenvalue weighted by atomic mass is 16.4. The van der Waals surface area contributed by atoms with Crippen LogP contribution in [0.5, 0.6) is 0 Å². The summed E-state index contributed by atoms with van der Waals surface area (Å²) in [6.45, 7) is 0.350. The Morgan fingerprint density at radius 2 is 2.17 bits per heavy atom. The maximum Gasteiger partial charge on any atom is 0.417 e. The average Bonchev–Trinajstić information content (AvgIpc) is 2.76. The van der Waals surface area contributed by atoms with E-state index in [4.69, 9.17) is 4.42 Å². The number of aromatic amines is 1. The molecule has 0 saturated heterocycles. The Bertz CT molecular complexity index is 799. The molecule has 0 fully saturated rings. The first-order valence-electron chi connectivity index (χ1n) is 5.36. The fourth-order valence-electron chi connectivity index (χ4n) is 1.78. The van der Waals surface area contributed by atoms with Gasteiger partial charge in [-0.2, -0.15) is 0 Å². The molecule has 3 aromatic heterocycles. The fourth-order valence-corrected chi connectivity index (χ4v) is 1.78. The molecule has 0 radical (unpaired) electrons. The summed E-state index contributed by atoms with van der Waals surface area (Å²) in [4.78, 5) is 29.6. The normalized spacial score (nSPS) is 10.9. The van der Waals surface area contributed by atoms with E-state index in [9.17, 15) is 9.59 Å². The number of nitrogens with one attached hydrogen (secondary N) is 1. The van der Waals surface area contributed by atoms with Crippen molar-refractivity contribution < 1.29 is 4.42 Å². The van der Waals surface area contributed by atoms with Gasteiger partial charge in [0.15, 0.2) is 11.1 Å². The summed E-state index contributed by atoms with van der Waals surface area (Å²) in [7, 11) is 0. The molecule has 0 saturated carbocycles. The second-order valence-electron chi connectivity index (χ2n) is 3.82. The Morgan fingerprint density at radius 3 is 2.94 bits per heavy atom. The molecule has 0 atom stereocenters. The van der Waals surface area contributed by atoms with Crippen molar-refractivity contribution in [2.75, 3.05) is 0 Å². The van der Waals surface area contributed by atoms with Gasteiger partial charge in [0, 0.05) is 12.4 Å². The van der Waals surface area contributed by atoms with Gasteiger partial charge in [-0.25, -0.2) is 4.79 Å². The molecule has 6 nitrogen and oxygen atoms in total.